The molecule has 0 fully saturated rings. The van der Waals surface area contributed by atoms with E-state index in [0.29, 0.717) is 5.92 Å². The minimum Gasteiger partial charge on any atom is -0.384 e. The Labute approximate surface area is 120 Å². The lowest BCUT2D eigenvalue weighted by Gasteiger charge is -2.19. The van der Waals surface area contributed by atoms with Crippen molar-refractivity contribution in [2.45, 2.75) is 52.0 Å². The second-order valence-corrected chi connectivity index (χ2v) is 7.18. The normalized spacial score (nSPS) is 15.5. The maximum atomic E-state index is 5.64. The van der Waals surface area contributed by atoms with E-state index in [1.165, 1.54) is 0 Å². The zero-order valence-electron chi connectivity index (χ0n) is 12.7. The van der Waals surface area contributed by atoms with Gasteiger partial charge in [-0.1, -0.05) is 27.7 Å². The number of hydrogen-bond acceptors (Lipinski definition) is 5. The zero-order valence-corrected chi connectivity index (χ0v) is 13.5. The fourth-order valence-electron chi connectivity index (χ4n) is 2.01. The van der Waals surface area contributed by atoms with Gasteiger partial charge in [0.1, 0.15) is 0 Å². The predicted octanol–water partition coefficient (Wildman–Crippen LogP) is 2.49. The third-order valence-corrected chi connectivity index (χ3v) is 3.99. The monoisotopic (exact) mass is 285 g/mol. The van der Waals surface area contributed by atoms with Crippen LogP contribution in [0.15, 0.2) is 5.38 Å². The summed E-state index contributed by atoms with van der Waals surface area (Å²) in [6.45, 7) is 9.50. The Bertz CT molecular complexity index is 373. The second-order valence-electron chi connectivity index (χ2n) is 6.24. The van der Waals surface area contributed by atoms with Gasteiger partial charge in [-0.15, -0.1) is 11.3 Å². The first-order chi connectivity index (χ1) is 8.86. The Morgan fingerprint density at radius 1 is 1.47 bits per heavy atom. The number of nitrogens with one attached hydrogen (secondary N) is 1. The average Bonchev–Trinajstić information content (AvgIpc) is 2.76. The Balaban J connectivity index is 2.58. The summed E-state index contributed by atoms with van der Waals surface area (Å²) in [4.78, 5) is 4.71. The van der Waals surface area contributed by atoms with Crippen molar-refractivity contribution < 1.29 is 4.74 Å². The molecule has 0 radical (unpaired) electrons. The predicted molar refractivity (Wildman–Crippen MR) is 81.3 cm³/mol. The molecule has 0 aliphatic heterocycles. The molecule has 0 saturated heterocycles. The van der Waals surface area contributed by atoms with E-state index in [1.807, 2.05) is 0 Å². The van der Waals surface area contributed by atoms with Gasteiger partial charge >= 0.3 is 0 Å². The summed E-state index contributed by atoms with van der Waals surface area (Å²) in [7, 11) is 1.73. The molecule has 110 valence electrons. The van der Waals surface area contributed by atoms with Gasteiger partial charge in [-0.2, -0.15) is 0 Å². The van der Waals surface area contributed by atoms with Crippen LogP contribution in [0.2, 0.25) is 0 Å². The number of hydrogen-bond donors (Lipinski definition) is 2. The van der Waals surface area contributed by atoms with Crippen molar-refractivity contribution in [2.75, 3.05) is 13.7 Å². The van der Waals surface area contributed by atoms with Gasteiger partial charge in [0.05, 0.1) is 10.7 Å². The fourth-order valence-corrected chi connectivity index (χ4v) is 3.11. The van der Waals surface area contributed by atoms with Crippen molar-refractivity contribution >= 4 is 11.3 Å². The Kier molecular flexibility index (Phi) is 6.39. The van der Waals surface area contributed by atoms with Crippen LogP contribution in [0, 0.1) is 5.92 Å². The number of thiazole rings is 1. The van der Waals surface area contributed by atoms with E-state index in [0.717, 1.165) is 30.2 Å². The minimum atomic E-state index is 0.115. The maximum Gasteiger partial charge on any atom is 0.0944 e. The van der Waals surface area contributed by atoms with Crippen molar-refractivity contribution in [2.24, 2.45) is 11.8 Å². The molecular weight excluding hydrogens is 258 g/mol. The summed E-state index contributed by atoms with van der Waals surface area (Å²) in [6.07, 6.45) is 1.88. The number of aromatic nitrogens is 1. The van der Waals surface area contributed by atoms with Gasteiger partial charge in [-0.25, -0.2) is 4.98 Å². The van der Waals surface area contributed by atoms with Gasteiger partial charge in [0.15, 0.2) is 0 Å². The van der Waals surface area contributed by atoms with E-state index in [-0.39, 0.29) is 11.5 Å². The summed E-state index contributed by atoms with van der Waals surface area (Å²) in [5.74, 6) is 6.14. The SMILES string of the molecule is COCC(C)CC(Cc1nc(C(C)(C)C)cs1)NN. The molecule has 1 heterocycles. The van der Waals surface area contributed by atoms with Gasteiger partial charge in [0.2, 0.25) is 0 Å². The van der Waals surface area contributed by atoms with Crippen molar-refractivity contribution in [3.63, 3.8) is 0 Å². The highest BCUT2D eigenvalue weighted by Gasteiger charge is 2.19. The van der Waals surface area contributed by atoms with Gasteiger partial charge in [0.25, 0.3) is 0 Å². The lowest BCUT2D eigenvalue weighted by molar-refractivity contribution is 0.149. The first-order valence-electron chi connectivity index (χ1n) is 6.76. The topological polar surface area (TPSA) is 60.2 Å². The third kappa shape index (κ3) is 5.57. The zero-order chi connectivity index (χ0) is 14.5. The van der Waals surface area contributed by atoms with E-state index in [2.05, 4.69) is 38.5 Å². The molecule has 0 aliphatic rings. The summed E-state index contributed by atoms with van der Waals surface area (Å²) >= 11 is 1.72. The smallest absolute Gasteiger partial charge is 0.0944 e. The van der Waals surface area contributed by atoms with Crippen molar-refractivity contribution in [3.8, 4) is 0 Å². The Hall–Kier alpha value is -0.490. The summed E-state index contributed by atoms with van der Waals surface area (Å²) in [6, 6.07) is 0.254. The van der Waals surface area contributed by atoms with Crippen molar-refractivity contribution in [3.05, 3.63) is 16.1 Å². The molecule has 0 aliphatic carbocycles. The average molecular weight is 285 g/mol. The highest BCUT2D eigenvalue weighted by atomic mass is 32.1. The molecule has 0 saturated carbocycles. The van der Waals surface area contributed by atoms with E-state index >= 15 is 0 Å². The van der Waals surface area contributed by atoms with Crippen LogP contribution in [0.5, 0.6) is 0 Å². The van der Waals surface area contributed by atoms with Crippen molar-refractivity contribution in [1.29, 1.82) is 0 Å². The molecule has 2 atom stereocenters. The van der Waals surface area contributed by atoms with Gasteiger partial charge in [0, 0.05) is 37.0 Å². The quantitative estimate of drug-likeness (QED) is 0.597. The summed E-state index contributed by atoms with van der Waals surface area (Å²) in [5.41, 5.74) is 4.17. The Morgan fingerprint density at radius 2 is 2.16 bits per heavy atom. The summed E-state index contributed by atoms with van der Waals surface area (Å²) in [5, 5.41) is 3.30. The van der Waals surface area contributed by atoms with Crippen LogP contribution in [0.25, 0.3) is 0 Å². The molecule has 0 amide bonds. The molecule has 1 rings (SSSR count). The lowest BCUT2D eigenvalue weighted by Crippen LogP contribution is -2.38. The van der Waals surface area contributed by atoms with Crippen LogP contribution >= 0.6 is 11.3 Å². The molecule has 0 aromatic carbocycles. The largest absolute Gasteiger partial charge is 0.384 e. The minimum absolute atomic E-state index is 0.115. The molecule has 19 heavy (non-hydrogen) atoms. The molecule has 5 heteroatoms. The highest BCUT2D eigenvalue weighted by molar-refractivity contribution is 7.09. The van der Waals surface area contributed by atoms with Gasteiger partial charge in [-0.05, 0) is 12.3 Å². The van der Waals surface area contributed by atoms with Crippen LogP contribution in [-0.2, 0) is 16.6 Å². The van der Waals surface area contributed by atoms with Crippen molar-refractivity contribution in [1.82, 2.24) is 10.4 Å². The van der Waals surface area contributed by atoms with Gasteiger partial charge < -0.3 is 4.74 Å². The Morgan fingerprint density at radius 3 is 2.63 bits per heavy atom. The number of methoxy groups -OCH3 is 1. The molecular formula is C14H27N3OS. The number of nitrogens with two attached hydrogens (primary N) is 1. The van der Waals surface area contributed by atoms with E-state index in [4.69, 9.17) is 15.6 Å². The summed E-state index contributed by atoms with van der Waals surface area (Å²) < 4.78 is 5.17. The standard InChI is InChI=1S/C14H27N3OS/c1-10(8-18-5)6-11(17-15)7-13-16-12(9-19-13)14(2,3)4/h9-11,17H,6-8,15H2,1-5H3. The number of nitrogens with zero attached hydrogens (tertiary/aromatic N) is 1. The van der Waals surface area contributed by atoms with E-state index in [1.54, 1.807) is 18.4 Å². The first-order valence-corrected chi connectivity index (χ1v) is 7.64. The molecule has 4 nitrogen and oxygen atoms in total. The second kappa shape index (κ2) is 7.33. The molecule has 0 spiro atoms. The first kappa shape index (κ1) is 16.6. The number of rotatable bonds is 7. The molecule has 3 N–H and O–H groups in total. The number of ether oxygens (including phenoxy) is 1. The van der Waals surface area contributed by atoms with Crippen LogP contribution in [0.1, 0.15) is 44.8 Å². The third-order valence-electron chi connectivity index (χ3n) is 3.11. The molecule has 2 unspecified atom stereocenters. The van der Waals surface area contributed by atoms with Gasteiger partial charge in [-0.3, -0.25) is 11.3 Å². The van der Waals surface area contributed by atoms with E-state index < -0.39 is 0 Å². The fraction of sp³-hybridized carbons (Fsp3) is 0.786. The highest BCUT2D eigenvalue weighted by Crippen LogP contribution is 2.25. The lowest BCUT2D eigenvalue weighted by atomic mass is 9.93. The maximum absolute atomic E-state index is 5.64. The van der Waals surface area contributed by atoms with Crippen LogP contribution in [0.4, 0.5) is 0 Å². The molecule has 1 aromatic heterocycles. The van der Waals surface area contributed by atoms with Crippen LogP contribution < -0.4 is 11.3 Å². The molecule has 0 bridgehead atoms. The van der Waals surface area contributed by atoms with Crippen LogP contribution in [-0.4, -0.2) is 24.7 Å². The molecule has 1 aromatic rings. The van der Waals surface area contributed by atoms with Crippen LogP contribution in [0.3, 0.4) is 0 Å². The van der Waals surface area contributed by atoms with E-state index in [9.17, 15) is 0 Å². The number of hydrazine groups is 1.